The molecule has 0 saturated carbocycles. The number of nitrogens with one attached hydrogen (secondary N) is 1. The van der Waals surface area contributed by atoms with Crippen LogP contribution in [0.15, 0.2) is 60.2 Å². The molecule has 3 nitrogen and oxygen atoms in total. The van der Waals surface area contributed by atoms with E-state index in [1.807, 2.05) is 30.3 Å². The Morgan fingerprint density at radius 2 is 1.81 bits per heavy atom. The molecule has 0 fully saturated rings. The van der Waals surface area contributed by atoms with Gasteiger partial charge in [-0.25, -0.2) is 4.39 Å². The second kappa shape index (κ2) is 7.01. The summed E-state index contributed by atoms with van der Waals surface area (Å²) in [5.41, 5.74) is 1.01. The zero-order valence-corrected chi connectivity index (χ0v) is 11.2. The van der Waals surface area contributed by atoms with E-state index in [9.17, 15) is 9.18 Å². The summed E-state index contributed by atoms with van der Waals surface area (Å²) in [6.45, 7) is 0.315. The first-order valence-electron chi connectivity index (χ1n) is 6.39. The van der Waals surface area contributed by atoms with Crippen LogP contribution in [-0.4, -0.2) is 5.91 Å². The van der Waals surface area contributed by atoms with E-state index in [0.717, 1.165) is 5.56 Å². The third-order valence-electron chi connectivity index (χ3n) is 2.87. The summed E-state index contributed by atoms with van der Waals surface area (Å²) in [6, 6.07) is 17.1. The van der Waals surface area contributed by atoms with Crippen LogP contribution < -0.4 is 5.32 Å². The van der Waals surface area contributed by atoms with Crippen LogP contribution in [0.5, 0.6) is 0 Å². The average Bonchev–Trinajstić information content (AvgIpc) is 2.53. The van der Waals surface area contributed by atoms with Crippen LogP contribution >= 0.6 is 0 Å². The molecule has 0 aliphatic carbocycles. The first-order valence-corrected chi connectivity index (χ1v) is 6.39. The molecule has 0 aliphatic rings. The maximum absolute atomic E-state index is 13.5. The lowest BCUT2D eigenvalue weighted by Gasteiger charge is -2.04. The van der Waals surface area contributed by atoms with Crippen molar-refractivity contribution in [1.29, 1.82) is 5.26 Å². The van der Waals surface area contributed by atoms with E-state index in [-0.39, 0.29) is 11.1 Å². The maximum Gasteiger partial charge on any atom is 0.262 e. The molecule has 0 radical (unpaired) electrons. The summed E-state index contributed by atoms with van der Waals surface area (Å²) in [5.74, 6) is -0.995. The van der Waals surface area contributed by atoms with Gasteiger partial charge in [-0.1, -0.05) is 48.5 Å². The highest BCUT2D eigenvalue weighted by Crippen LogP contribution is 2.11. The molecular weight excluding hydrogens is 267 g/mol. The second-order valence-electron chi connectivity index (χ2n) is 4.36. The Morgan fingerprint density at radius 3 is 2.48 bits per heavy atom. The molecule has 0 aromatic heterocycles. The molecule has 0 spiro atoms. The van der Waals surface area contributed by atoms with Crippen LogP contribution in [0.4, 0.5) is 4.39 Å². The lowest BCUT2D eigenvalue weighted by molar-refractivity contribution is -0.117. The number of hydrogen-bond donors (Lipinski definition) is 1. The Balaban J connectivity index is 2.09. The second-order valence-corrected chi connectivity index (χ2v) is 4.36. The third kappa shape index (κ3) is 4.02. The minimum Gasteiger partial charge on any atom is -0.347 e. The van der Waals surface area contributed by atoms with E-state index in [1.54, 1.807) is 18.2 Å². The largest absolute Gasteiger partial charge is 0.347 e. The summed E-state index contributed by atoms with van der Waals surface area (Å²) in [4.78, 5) is 11.9. The Bertz CT molecular complexity index is 702. The van der Waals surface area contributed by atoms with Gasteiger partial charge < -0.3 is 5.32 Å². The van der Waals surface area contributed by atoms with Crippen molar-refractivity contribution in [2.45, 2.75) is 6.54 Å². The number of rotatable bonds is 4. The molecule has 0 aliphatic heterocycles. The minimum atomic E-state index is -0.524. The van der Waals surface area contributed by atoms with Crippen molar-refractivity contribution in [2.24, 2.45) is 0 Å². The Morgan fingerprint density at radius 1 is 1.14 bits per heavy atom. The van der Waals surface area contributed by atoms with Gasteiger partial charge in [0.05, 0.1) is 0 Å². The van der Waals surface area contributed by atoms with Gasteiger partial charge in [0.15, 0.2) is 0 Å². The van der Waals surface area contributed by atoms with Crippen molar-refractivity contribution < 1.29 is 9.18 Å². The highest BCUT2D eigenvalue weighted by molar-refractivity contribution is 6.01. The number of hydrogen-bond acceptors (Lipinski definition) is 2. The predicted molar refractivity (Wildman–Crippen MR) is 78.3 cm³/mol. The molecule has 0 heterocycles. The van der Waals surface area contributed by atoms with Crippen molar-refractivity contribution in [3.05, 3.63) is 77.1 Å². The van der Waals surface area contributed by atoms with Crippen LogP contribution in [0.1, 0.15) is 11.1 Å². The van der Waals surface area contributed by atoms with E-state index in [0.29, 0.717) is 6.54 Å². The van der Waals surface area contributed by atoms with Crippen molar-refractivity contribution in [1.82, 2.24) is 5.32 Å². The fourth-order valence-corrected chi connectivity index (χ4v) is 1.77. The predicted octanol–water partition coefficient (Wildman–Crippen LogP) is 3.05. The van der Waals surface area contributed by atoms with E-state index in [2.05, 4.69) is 5.32 Å². The van der Waals surface area contributed by atoms with Crippen molar-refractivity contribution >= 4 is 12.0 Å². The zero-order chi connectivity index (χ0) is 15.1. The molecule has 0 unspecified atom stereocenters. The van der Waals surface area contributed by atoms with Gasteiger partial charge in [0.1, 0.15) is 17.5 Å². The number of amides is 1. The monoisotopic (exact) mass is 280 g/mol. The standard InChI is InChI=1S/C17H13FN2O/c18-16-9-5-4-8-14(16)10-15(11-19)17(21)20-12-13-6-2-1-3-7-13/h1-10H,12H2,(H,20,21)/b15-10-. The summed E-state index contributed by atoms with van der Waals surface area (Å²) in [7, 11) is 0. The van der Waals surface area contributed by atoms with Crippen LogP contribution in [-0.2, 0) is 11.3 Å². The summed E-state index contributed by atoms with van der Waals surface area (Å²) in [6.07, 6.45) is 1.25. The number of halogens is 1. The summed E-state index contributed by atoms with van der Waals surface area (Å²) in [5, 5.41) is 11.7. The molecule has 2 aromatic rings. The van der Waals surface area contributed by atoms with Crippen LogP contribution in [0.3, 0.4) is 0 Å². The Hall–Kier alpha value is -2.93. The van der Waals surface area contributed by atoms with Gasteiger partial charge in [0.2, 0.25) is 0 Å². The van der Waals surface area contributed by atoms with Crippen molar-refractivity contribution in [3.63, 3.8) is 0 Å². The van der Waals surface area contributed by atoms with E-state index in [4.69, 9.17) is 5.26 Å². The summed E-state index contributed by atoms with van der Waals surface area (Å²) < 4.78 is 13.5. The molecular formula is C17H13FN2O. The molecule has 21 heavy (non-hydrogen) atoms. The molecule has 4 heteroatoms. The van der Waals surface area contributed by atoms with E-state index >= 15 is 0 Å². The number of carbonyl (C=O) groups excluding carboxylic acids is 1. The molecule has 0 bridgehead atoms. The number of benzene rings is 2. The topological polar surface area (TPSA) is 52.9 Å². The molecule has 0 atom stereocenters. The summed E-state index contributed by atoms with van der Waals surface area (Å²) >= 11 is 0. The normalized spacial score (nSPS) is 10.8. The van der Waals surface area contributed by atoms with Gasteiger partial charge in [-0.15, -0.1) is 0 Å². The van der Waals surface area contributed by atoms with Crippen LogP contribution in [0, 0.1) is 17.1 Å². The molecule has 2 rings (SSSR count). The van der Waals surface area contributed by atoms with E-state index in [1.165, 1.54) is 18.2 Å². The van der Waals surface area contributed by atoms with Gasteiger partial charge in [0, 0.05) is 12.1 Å². The fraction of sp³-hybridized carbons (Fsp3) is 0.0588. The lowest BCUT2D eigenvalue weighted by atomic mass is 10.1. The van der Waals surface area contributed by atoms with Crippen molar-refractivity contribution in [2.75, 3.05) is 0 Å². The smallest absolute Gasteiger partial charge is 0.262 e. The van der Waals surface area contributed by atoms with Gasteiger partial charge in [-0.3, -0.25) is 4.79 Å². The average molecular weight is 280 g/mol. The molecule has 1 N–H and O–H groups in total. The molecule has 1 amide bonds. The lowest BCUT2D eigenvalue weighted by Crippen LogP contribution is -2.23. The SMILES string of the molecule is N#C/C(=C/c1ccccc1F)C(=O)NCc1ccccc1. The molecule has 0 saturated heterocycles. The van der Waals surface area contributed by atoms with Crippen molar-refractivity contribution in [3.8, 4) is 6.07 Å². The first kappa shape index (κ1) is 14.5. The van der Waals surface area contributed by atoms with Gasteiger partial charge in [-0.05, 0) is 17.7 Å². The van der Waals surface area contributed by atoms with E-state index < -0.39 is 11.7 Å². The Labute approximate surface area is 122 Å². The highest BCUT2D eigenvalue weighted by Gasteiger charge is 2.09. The maximum atomic E-state index is 13.5. The number of nitrogens with zero attached hydrogens (tertiary/aromatic N) is 1. The van der Waals surface area contributed by atoms with Gasteiger partial charge in [0.25, 0.3) is 5.91 Å². The quantitative estimate of drug-likeness (QED) is 0.691. The number of nitriles is 1. The first-order chi connectivity index (χ1) is 10.2. The van der Waals surface area contributed by atoms with Gasteiger partial charge in [-0.2, -0.15) is 5.26 Å². The zero-order valence-electron chi connectivity index (χ0n) is 11.2. The fourth-order valence-electron chi connectivity index (χ4n) is 1.77. The highest BCUT2D eigenvalue weighted by atomic mass is 19.1. The van der Waals surface area contributed by atoms with Crippen LogP contribution in [0.25, 0.3) is 6.08 Å². The van der Waals surface area contributed by atoms with Gasteiger partial charge >= 0.3 is 0 Å². The third-order valence-corrected chi connectivity index (χ3v) is 2.87. The number of carbonyl (C=O) groups is 1. The van der Waals surface area contributed by atoms with Crippen LogP contribution in [0.2, 0.25) is 0 Å². The molecule has 2 aromatic carbocycles. The molecule has 104 valence electrons. The Kier molecular flexibility index (Phi) is 4.84. The minimum absolute atomic E-state index is 0.129.